The van der Waals surface area contributed by atoms with Gasteiger partial charge in [0.05, 0.1) is 18.7 Å². The first kappa shape index (κ1) is 15.1. The van der Waals surface area contributed by atoms with E-state index in [4.69, 9.17) is 4.84 Å². The van der Waals surface area contributed by atoms with Gasteiger partial charge in [0, 0.05) is 5.56 Å². The van der Waals surface area contributed by atoms with Crippen LogP contribution in [0.1, 0.15) is 22.3 Å². The van der Waals surface area contributed by atoms with Crippen molar-refractivity contribution in [3.63, 3.8) is 0 Å². The number of nitrogens with zero attached hydrogens (tertiary/aromatic N) is 1. The van der Waals surface area contributed by atoms with Crippen molar-refractivity contribution in [3.05, 3.63) is 40.3 Å². The first-order valence-electron chi connectivity index (χ1n) is 5.33. The number of halogens is 3. The number of alkyl halides is 3. The van der Waals surface area contributed by atoms with E-state index in [1.54, 1.807) is 0 Å². The van der Waals surface area contributed by atoms with E-state index < -0.39 is 17.6 Å². The van der Waals surface area contributed by atoms with Gasteiger partial charge in [0.2, 0.25) is 0 Å². The molecule has 5 nitrogen and oxygen atoms in total. The summed E-state index contributed by atoms with van der Waals surface area (Å²) in [6.45, 7) is 0.0931. The predicted octanol–water partition coefficient (Wildman–Crippen LogP) is 2.52. The Labute approximate surface area is 106 Å². The molecule has 1 aromatic carbocycles. The number of hydrogen-bond donors (Lipinski definition) is 1. The Morgan fingerprint density at radius 1 is 1.37 bits per heavy atom. The number of carbonyl (C=O) groups excluding carboxylic acids is 1. The van der Waals surface area contributed by atoms with Gasteiger partial charge in [0.15, 0.2) is 0 Å². The van der Waals surface area contributed by atoms with E-state index >= 15 is 0 Å². The van der Waals surface area contributed by atoms with Crippen LogP contribution in [0, 0.1) is 4.91 Å². The Morgan fingerprint density at radius 2 is 2.11 bits per heavy atom. The predicted molar refractivity (Wildman–Crippen MR) is 60.1 cm³/mol. The molecule has 0 heterocycles. The molecule has 0 saturated heterocycles. The first-order valence-corrected chi connectivity index (χ1v) is 5.33. The lowest BCUT2D eigenvalue weighted by Crippen LogP contribution is -2.24. The van der Waals surface area contributed by atoms with Crippen LogP contribution in [0.5, 0.6) is 0 Å². The fourth-order valence-electron chi connectivity index (χ4n) is 1.21. The molecule has 0 saturated carbocycles. The summed E-state index contributed by atoms with van der Waals surface area (Å²) in [6.07, 6.45) is -4.20. The zero-order chi connectivity index (χ0) is 14.3. The number of benzene rings is 1. The summed E-state index contributed by atoms with van der Waals surface area (Å²) < 4.78 is 37.3. The average molecular weight is 276 g/mol. The third-order valence-electron chi connectivity index (χ3n) is 2.11. The minimum atomic E-state index is -4.51. The molecule has 1 rings (SSSR count). The summed E-state index contributed by atoms with van der Waals surface area (Å²) in [5.41, 5.74) is 0.911. The van der Waals surface area contributed by atoms with Crippen LogP contribution in [-0.2, 0) is 11.0 Å². The molecule has 0 spiro atoms. The second-order valence-electron chi connectivity index (χ2n) is 3.56. The Balaban J connectivity index is 2.55. The maximum absolute atomic E-state index is 12.4. The van der Waals surface area contributed by atoms with Crippen molar-refractivity contribution in [2.24, 2.45) is 5.18 Å². The maximum atomic E-state index is 12.4. The summed E-state index contributed by atoms with van der Waals surface area (Å²) in [5.74, 6) is -0.787. The number of amides is 1. The fraction of sp³-hybridized carbons (Fsp3) is 0.364. The second-order valence-corrected chi connectivity index (χ2v) is 3.56. The Morgan fingerprint density at radius 3 is 2.74 bits per heavy atom. The lowest BCUT2D eigenvalue weighted by molar-refractivity contribution is -0.137. The highest BCUT2D eigenvalue weighted by Crippen LogP contribution is 2.29. The van der Waals surface area contributed by atoms with Crippen LogP contribution in [0.25, 0.3) is 0 Å². The summed E-state index contributed by atoms with van der Waals surface area (Å²) in [7, 11) is 0. The van der Waals surface area contributed by atoms with Crippen LogP contribution in [0.4, 0.5) is 13.2 Å². The molecule has 19 heavy (non-hydrogen) atoms. The van der Waals surface area contributed by atoms with Gasteiger partial charge in [0.1, 0.15) is 0 Å². The van der Waals surface area contributed by atoms with Gasteiger partial charge in [-0.1, -0.05) is 11.2 Å². The van der Waals surface area contributed by atoms with Crippen molar-refractivity contribution in [1.29, 1.82) is 0 Å². The highest BCUT2D eigenvalue weighted by Gasteiger charge is 2.30. The van der Waals surface area contributed by atoms with Crippen molar-refractivity contribution in [2.75, 3.05) is 13.2 Å². The molecule has 0 radical (unpaired) electrons. The highest BCUT2D eigenvalue weighted by molar-refractivity contribution is 5.93. The van der Waals surface area contributed by atoms with Crippen molar-refractivity contribution < 1.29 is 22.8 Å². The van der Waals surface area contributed by atoms with Crippen LogP contribution in [0.15, 0.2) is 29.4 Å². The number of nitrogens with one attached hydrogen (secondary N) is 1. The van der Waals surface area contributed by atoms with E-state index in [-0.39, 0.29) is 18.7 Å². The topological polar surface area (TPSA) is 67.8 Å². The van der Waals surface area contributed by atoms with Crippen LogP contribution in [0.3, 0.4) is 0 Å². The zero-order valence-electron chi connectivity index (χ0n) is 9.74. The van der Waals surface area contributed by atoms with E-state index in [2.05, 4.69) is 5.18 Å². The van der Waals surface area contributed by atoms with E-state index in [9.17, 15) is 22.9 Å². The number of hydroxylamine groups is 1. The largest absolute Gasteiger partial charge is 0.416 e. The monoisotopic (exact) mass is 276 g/mol. The molecule has 1 aromatic rings. The Bertz CT molecular complexity index is 449. The molecule has 0 bridgehead atoms. The molecule has 0 aliphatic rings. The van der Waals surface area contributed by atoms with Gasteiger partial charge in [-0.2, -0.15) is 18.1 Å². The van der Waals surface area contributed by atoms with Crippen LogP contribution < -0.4 is 5.48 Å². The normalized spacial score (nSPS) is 11.1. The lowest BCUT2D eigenvalue weighted by Gasteiger charge is -2.09. The van der Waals surface area contributed by atoms with Crippen LogP contribution in [-0.4, -0.2) is 19.1 Å². The lowest BCUT2D eigenvalue weighted by atomic mass is 10.1. The van der Waals surface area contributed by atoms with Gasteiger partial charge in [0.25, 0.3) is 5.91 Å². The van der Waals surface area contributed by atoms with Gasteiger partial charge in [-0.15, -0.1) is 0 Å². The minimum absolute atomic E-state index is 0.0411. The number of rotatable bonds is 6. The standard InChI is InChI=1S/C11H11F3N2O3/c12-11(13,14)9-4-1-3-8(7-9)10(17)16-19-6-2-5-15-18/h1,3-4,7H,2,5-6H2,(H,16,17). The molecule has 0 unspecified atom stereocenters. The Kier molecular flexibility index (Phi) is 5.43. The van der Waals surface area contributed by atoms with Gasteiger partial charge in [-0.05, 0) is 24.6 Å². The molecular formula is C11H11F3N2O3. The number of carbonyl (C=O) groups is 1. The molecule has 0 aromatic heterocycles. The summed E-state index contributed by atoms with van der Waals surface area (Å²) in [4.78, 5) is 25.9. The van der Waals surface area contributed by atoms with Gasteiger partial charge in [-0.3, -0.25) is 9.63 Å². The number of nitroso groups, excluding NO2 is 1. The molecule has 1 amide bonds. The van der Waals surface area contributed by atoms with Gasteiger partial charge < -0.3 is 0 Å². The molecule has 0 aliphatic heterocycles. The first-order chi connectivity index (χ1) is 8.95. The number of hydrogen-bond acceptors (Lipinski definition) is 4. The zero-order valence-corrected chi connectivity index (χ0v) is 9.74. The van der Waals surface area contributed by atoms with E-state index in [0.717, 1.165) is 18.2 Å². The van der Waals surface area contributed by atoms with Crippen molar-refractivity contribution in [2.45, 2.75) is 12.6 Å². The van der Waals surface area contributed by atoms with Gasteiger partial charge >= 0.3 is 6.18 Å². The molecule has 104 valence electrons. The fourth-order valence-corrected chi connectivity index (χ4v) is 1.21. The third kappa shape index (κ3) is 5.04. The summed E-state index contributed by atoms with van der Waals surface area (Å²) in [5, 5.41) is 2.58. The summed E-state index contributed by atoms with van der Waals surface area (Å²) >= 11 is 0. The smallest absolute Gasteiger partial charge is 0.273 e. The highest BCUT2D eigenvalue weighted by atomic mass is 19.4. The van der Waals surface area contributed by atoms with Crippen LogP contribution in [0.2, 0.25) is 0 Å². The average Bonchev–Trinajstić information content (AvgIpc) is 2.37. The third-order valence-corrected chi connectivity index (χ3v) is 2.11. The SMILES string of the molecule is O=NCCCONC(=O)c1cccc(C(F)(F)F)c1. The van der Waals surface area contributed by atoms with Crippen molar-refractivity contribution in [1.82, 2.24) is 5.48 Å². The molecule has 0 fully saturated rings. The van der Waals surface area contributed by atoms with E-state index in [0.29, 0.717) is 6.42 Å². The minimum Gasteiger partial charge on any atom is -0.273 e. The van der Waals surface area contributed by atoms with Crippen LogP contribution >= 0.6 is 0 Å². The quantitative estimate of drug-likeness (QED) is 0.493. The Hall–Kier alpha value is -1.96. The molecule has 8 heteroatoms. The van der Waals surface area contributed by atoms with Gasteiger partial charge in [-0.25, -0.2) is 5.48 Å². The van der Waals surface area contributed by atoms with E-state index in [1.165, 1.54) is 6.07 Å². The van der Waals surface area contributed by atoms with E-state index in [1.807, 2.05) is 5.48 Å². The molecule has 0 atom stereocenters. The van der Waals surface area contributed by atoms with Crippen molar-refractivity contribution >= 4 is 5.91 Å². The molecular weight excluding hydrogens is 265 g/mol. The molecule has 0 aliphatic carbocycles. The second kappa shape index (κ2) is 6.83. The molecule has 1 N–H and O–H groups in total. The maximum Gasteiger partial charge on any atom is 0.416 e. The van der Waals surface area contributed by atoms with Crippen molar-refractivity contribution in [3.8, 4) is 0 Å². The summed E-state index contributed by atoms with van der Waals surface area (Å²) in [6, 6.07) is 3.97.